The van der Waals surface area contributed by atoms with Crippen LogP contribution in [-0.4, -0.2) is 35.6 Å². The minimum absolute atomic E-state index is 0.453. The molecule has 1 aliphatic heterocycles. The molecule has 1 aromatic heterocycles. The minimum atomic E-state index is 0.453. The summed E-state index contributed by atoms with van der Waals surface area (Å²) >= 11 is 0. The molecule has 0 bridgehead atoms. The topological polar surface area (TPSA) is 39.1 Å². The van der Waals surface area contributed by atoms with Gasteiger partial charge in [0.15, 0.2) is 0 Å². The van der Waals surface area contributed by atoms with Crippen molar-refractivity contribution in [3.05, 3.63) is 18.5 Å². The molecule has 15 heavy (non-hydrogen) atoms. The van der Waals surface area contributed by atoms with E-state index in [9.17, 15) is 0 Å². The summed E-state index contributed by atoms with van der Waals surface area (Å²) in [7, 11) is 0. The van der Waals surface area contributed by atoms with Crippen molar-refractivity contribution in [1.29, 1.82) is 0 Å². The molecule has 1 aliphatic rings. The van der Waals surface area contributed by atoms with Gasteiger partial charge in [0.1, 0.15) is 0 Å². The van der Waals surface area contributed by atoms with E-state index < -0.39 is 0 Å². The summed E-state index contributed by atoms with van der Waals surface area (Å²) in [6.07, 6.45) is 7.83. The average Bonchev–Trinajstić information content (AvgIpc) is 2.88. The first kappa shape index (κ1) is 10.6. The van der Waals surface area contributed by atoms with Gasteiger partial charge in [0, 0.05) is 32.1 Å². The van der Waals surface area contributed by atoms with Crippen molar-refractivity contribution >= 4 is 0 Å². The van der Waals surface area contributed by atoms with Crippen molar-refractivity contribution < 1.29 is 4.74 Å². The second kappa shape index (κ2) is 5.88. The Morgan fingerprint density at radius 1 is 1.53 bits per heavy atom. The normalized spacial score (nSPS) is 20.9. The molecule has 1 saturated heterocycles. The Bertz CT molecular complexity index is 255. The smallest absolute Gasteiger partial charge is 0.0700 e. The third kappa shape index (κ3) is 3.64. The van der Waals surface area contributed by atoms with Crippen molar-refractivity contribution in [1.82, 2.24) is 15.1 Å². The molecule has 2 rings (SSSR count). The van der Waals surface area contributed by atoms with E-state index in [0.717, 1.165) is 32.7 Å². The molecule has 0 saturated carbocycles. The quantitative estimate of drug-likeness (QED) is 0.712. The standard InChI is InChI=1S/C11H19N3O/c1-4-11(15-9-1)10-12-5-2-7-14-8-3-6-13-14/h3,6,8,11-12H,1-2,4-5,7,9-10H2. The maximum atomic E-state index is 5.53. The number of rotatable bonds is 6. The number of aryl methyl sites for hydroxylation is 1. The van der Waals surface area contributed by atoms with Crippen LogP contribution >= 0.6 is 0 Å². The maximum Gasteiger partial charge on any atom is 0.0700 e. The van der Waals surface area contributed by atoms with E-state index in [4.69, 9.17) is 4.74 Å². The van der Waals surface area contributed by atoms with Gasteiger partial charge < -0.3 is 10.1 Å². The molecular formula is C11H19N3O. The predicted octanol–water partition coefficient (Wildman–Crippen LogP) is 1.04. The van der Waals surface area contributed by atoms with Gasteiger partial charge >= 0.3 is 0 Å². The van der Waals surface area contributed by atoms with Crippen LogP contribution in [0.3, 0.4) is 0 Å². The molecule has 0 amide bonds. The highest BCUT2D eigenvalue weighted by atomic mass is 16.5. The molecule has 2 heterocycles. The average molecular weight is 209 g/mol. The summed E-state index contributed by atoms with van der Waals surface area (Å²) in [6.45, 7) is 3.98. The van der Waals surface area contributed by atoms with Crippen LogP contribution in [0.25, 0.3) is 0 Å². The molecular weight excluding hydrogens is 190 g/mol. The third-order valence-corrected chi connectivity index (χ3v) is 2.70. The third-order valence-electron chi connectivity index (χ3n) is 2.70. The molecule has 4 heteroatoms. The first-order chi connectivity index (χ1) is 7.45. The van der Waals surface area contributed by atoms with E-state index in [1.165, 1.54) is 12.8 Å². The van der Waals surface area contributed by atoms with Gasteiger partial charge in [0.05, 0.1) is 6.10 Å². The number of hydrogen-bond acceptors (Lipinski definition) is 3. The van der Waals surface area contributed by atoms with Crippen LogP contribution in [0.1, 0.15) is 19.3 Å². The Hall–Kier alpha value is -0.870. The van der Waals surface area contributed by atoms with Gasteiger partial charge in [-0.1, -0.05) is 0 Å². The summed E-state index contributed by atoms with van der Waals surface area (Å²) in [5, 5.41) is 7.58. The van der Waals surface area contributed by atoms with Gasteiger partial charge in [-0.2, -0.15) is 5.10 Å². The summed E-state index contributed by atoms with van der Waals surface area (Å²) in [4.78, 5) is 0. The first-order valence-corrected chi connectivity index (χ1v) is 5.75. The van der Waals surface area contributed by atoms with Crippen LogP contribution in [0, 0.1) is 0 Å². The summed E-state index contributed by atoms with van der Waals surface area (Å²) < 4.78 is 7.49. The highest BCUT2D eigenvalue weighted by molar-refractivity contribution is 4.77. The molecule has 0 aromatic carbocycles. The summed E-state index contributed by atoms with van der Waals surface area (Å²) in [5.41, 5.74) is 0. The second-order valence-electron chi connectivity index (χ2n) is 3.96. The number of aromatic nitrogens is 2. The van der Waals surface area contributed by atoms with Crippen LogP contribution in [0.2, 0.25) is 0 Å². The van der Waals surface area contributed by atoms with Crippen LogP contribution in [0.15, 0.2) is 18.5 Å². The van der Waals surface area contributed by atoms with Gasteiger partial charge in [-0.3, -0.25) is 4.68 Å². The number of nitrogens with one attached hydrogen (secondary N) is 1. The molecule has 0 aliphatic carbocycles. The van der Waals surface area contributed by atoms with Crippen LogP contribution in [0.5, 0.6) is 0 Å². The zero-order valence-corrected chi connectivity index (χ0v) is 9.06. The van der Waals surface area contributed by atoms with Gasteiger partial charge in [-0.05, 0) is 31.9 Å². The van der Waals surface area contributed by atoms with E-state index in [-0.39, 0.29) is 0 Å². The van der Waals surface area contributed by atoms with Crippen molar-refractivity contribution in [3.8, 4) is 0 Å². The van der Waals surface area contributed by atoms with E-state index in [1.807, 2.05) is 23.1 Å². The molecule has 1 atom stereocenters. The SMILES string of the molecule is c1cnn(CCCNCC2CCCO2)c1. The van der Waals surface area contributed by atoms with Gasteiger partial charge in [-0.15, -0.1) is 0 Å². The zero-order valence-electron chi connectivity index (χ0n) is 9.06. The fraction of sp³-hybridized carbons (Fsp3) is 0.727. The Morgan fingerprint density at radius 3 is 3.27 bits per heavy atom. The predicted molar refractivity (Wildman–Crippen MR) is 58.7 cm³/mol. The molecule has 1 unspecified atom stereocenters. The first-order valence-electron chi connectivity index (χ1n) is 5.75. The lowest BCUT2D eigenvalue weighted by Crippen LogP contribution is -2.27. The number of hydrogen-bond donors (Lipinski definition) is 1. The Labute approximate surface area is 90.6 Å². The highest BCUT2D eigenvalue weighted by Crippen LogP contribution is 2.10. The van der Waals surface area contributed by atoms with Gasteiger partial charge in [-0.25, -0.2) is 0 Å². The second-order valence-corrected chi connectivity index (χ2v) is 3.96. The van der Waals surface area contributed by atoms with Crippen LogP contribution in [-0.2, 0) is 11.3 Å². The summed E-state index contributed by atoms with van der Waals surface area (Å²) in [5.74, 6) is 0. The van der Waals surface area contributed by atoms with Crippen molar-refractivity contribution in [3.63, 3.8) is 0 Å². The van der Waals surface area contributed by atoms with E-state index in [1.54, 1.807) is 0 Å². The van der Waals surface area contributed by atoms with E-state index >= 15 is 0 Å². The fourth-order valence-electron chi connectivity index (χ4n) is 1.87. The Balaban J connectivity index is 1.48. The van der Waals surface area contributed by atoms with Crippen molar-refractivity contribution in [2.24, 2.45) is 0 Å². The molecule has 0 spiro atoms. The molecule has 0 radical (unpaired) electrons. The molecule has 84 valence electrons. The van der Waals surface area contributed by atoms with Gasteiger partial charge in [0.25, 0.3) is 0 Å². The summed E-state index contributed by atoms with van der Waals surface area (Å²) in [6, 6.07) is 1.96. The molecule has 1 N–H and O–H groups in total. The number of nitrogens with zero attached hydrogens (tertiary/aromatic N) is 2. The maximum absolute atomic E-state index is 5.53. The van der Waals surface area contributed by atoms with E-state index in [0.29, 0.717) is 6.10 Å². The van der Waals surface area contributed by atoms with Crippen molar-refractivity contribution in [2.75, 3.05) is 19.7 Å². The number of ether oxygens (including phenoxy) is 1. The Morgan fingerprint density at radius 2 is 2.53 bits per heavy atom. The monoisotopic (exact) mass is 209 g/mol. The largest absolute Gasteiger partial charge is 0.377 e. The van der Waals surface area contributed by atoms with Crippen molar-refractivity contribution in [2.45, 2.75) is 31.9 Å². The minimum Gasteiger partial charge on any atom is -0.377 e. The van der Waals surface area contributed by atoms with Crippen LogP contribution < -0.4 is 5.32 Å². The van der Waals surface area contributed by atoms with Gasteiger partial charge in [0.2, 0.25) is 0 Å². The lowest BCUT2D eigenvalue weighted by atomic mass is 10.2. The fourth-order valence-corrected chi connectivity index (χ4v) is 1.87. The molecule has 1 aromatic rings. The zero-order chi connectivity index (χ0) is 10.3. The van der Waals surface area contributed by atoms with Crippen LogP contribution in [0.4, 0.5) is 0 Å². The highest BCUT2D eigenvalue weighted by Gasteiger charge is 2.13. The lowest BCUT2D eigenvalue weighted by Gasteiger charge is -2.10. The van der Waals surface area contributed by atoms with E-state index in [2.05, 4.69) is 10.4 Å². The Kier molecular flexibility index (Phi) is 4.17. The molecule has 1 fully saturated rings. The lowest BCUT2D eigenvalue weighted by molar-refractivity contribution is 0.110. The molecule has 4 nitrogen and oxygen atoms in total.